The van der Waals surface area contributed by atoms with Crippen molar-refractivity contribution in [2.24, 2.45) is 0 Å². The summed E-state index contributed by atoms with van der Waals surface area (Å²) in [7, 11) is 0. The molecule has 0 unspecified atom stereocenters. The second-order valence-electron chi connectivity index (χ2n) is 7.72. The molecule has 0 saturated carbocycles. The van der Waals surface area contributed by atoms with E-state index in [4.69, 9.17) is 9.47 Å². The predicted octanol–water partition coefficient (Wildman–Crippen LogP) is 2.08. The van der Waals surface area contributed by atoms with Crippen LogP contribution in [0.15, 0.2) is 41.3 Å². The Morgan fingerprint density at radius 2 is 1.89 bits per heavy atom. The summed E-state index contributed by atoms with van der Waals surface area (Å²) < 4.78 is 10.9. The van der Waals surface area contributed by atoms with Gasteiger partial charge in [0, 0.05) is 0 Å². The highest BCUT2D eigenvalue weighted by atomic mass is 32.2. The van der Waals surface area contributed by atoms with Gasteiger partial charge in [-0.2, -0.15) is 0 Å². The number of ether oxygens (including phenoxy) is 2. The minimum atomic E-state index is -0.758. The summed E-state index contributed by atoms with van der Waals surface area (Å²) in [6.45, 7) is 6.96. The molecule has 1 aromatic carbocycles. The zero-order valence-corrected chi connectivity index (χ0v) is 17.1. The molecule has 0 spiro atoms. The van der Waals surface area contributed by atoms with Crippen molar-refractivity contribution in [3.05, 3.63) is 41.3 Å². The third-order valence-corrected chi connectivity index (χ3v) is 5.53. The van der Waals surface area contributed by atoms with Crippen LogP contribution in [0.3, 0.4) is 0 Å². The van der Waals surface area contributed by atoms with Gasteiger partial charge in [-0.15, -0.1) is 11.8 Å². The number of hydrogen-bond donors (Lipinski definition) is 1. The minimum absolute atomic E-state index is 0.185. The summed E-state index contributed by atoms with van der Waals surface area (Å²) in [6.07, 6.45) is 0. The Hall–Kier alpha value is -2.48. The molecule has 0 radical (unpaired) electrons. The molecule has 7 nitrogen and oxygen atoms in total. The minimum Gasteiger partial charge on any atom is -0.484 e. The van der Waals surface area contributed by atoms with Gasteiger partial charge in [-0.25, -0.2) is 4.79 Å². The first-order valence-electron chi connectivity index (χ1n) is 9.02. The summed E-state index contributed by atoms with van der Waals surface area (Å²) in [5.41, 5.74) is 0.106. The predicted molar refractivity (Wildman–Crippen MR) is 105 cm³/mol. The van der Waals surface area contributed by atoms with Gasteiger partial charge in [-0.1, -0.05) is 18.2 Å². The molecule has 28 heavy (non-hydrogen) atoms. The molecule has 8 heteroatoms. The third-order valence-electron chi connectivity index (χ3n) is 4.24. The Kier molecular flexibility index (Phi) is 5.69. The molecule has 0 aromatic heterocycles. The van der Waals surface area contributed by atoms with Crippen LogP contribution in [0.5, 0.6) is 5.75 Å². The van der Waals surface area contributed by atoms with E-state index in [2.05, 4.69) is 5.32 Å². The molecular formula is C20H24N2O5S. The zero-order valence-electron chi connectivity index (χ0n) is 16.3. The highest BCUT2D eigenvalue weighted by Crippen LogP contribution is 2.40. The normalized spacial score (nSPS) is 23.9. The van der Waals surface area contributed by atoms with E-state index in [0.717, 1.165) is 5.57 Å². The van der Waals surface area contributed by atoms with E-state index < -0.39 is 23.7 Å². The summed E-state index contributed by atoms with van der Waals surface area (Å²) in [5, 5.41) is 4.21. The lowest BCUT2D eigenvalue weighted by Gasteiger charge is -2.51. The quantitative estimate of drug-likeness (QED) is 0.597. The highest BCUT2D eigenvalue weighted by molar-refractivity contribution is 8.02. The van der Waals surface area contributed by atoms with Crippen molar-refractivity contribution in [2.75, 3.05) is 6.61 Å². The molecule has 0 aliphatic carbocycles. The number of nitrogens with zero attached hydrogens (tertiary/aromatic N) is 1. The van der Waals surface area contributed by atoms with E-state index in [9.17, 15) is 14.4 Å². The van der Waals surface area contributed by atoms with Crippen molar-refractivity contribution >= 4 is 29.5 Å². The Labute approximate surface area is 168 Å². The Bertz CT molecular complexity index is 803. The molecule has 1 saturated heterocycles. The smallest absolute Gasteiger partial charge is 0.333 e. The number of carbonyl (C=O) groups is 3. The maximum Gasteiger partial charge on any atom is 0.333 e. The molecular weight excluding hydrogens is 380 g/mol. The molecule has 2 aliphatic heterocycles. The number of para-hydroxylation sites is 1. The van der Waals surface area contributed by atoms with E-state index in [1.54, 1.807) is 39.8 Å². The number of fused-ring (bicyclic) bond motifs is 1. The fourth-order valence-electron chi connectivity index (χ4n) is 3.04. The van der Waals surface area contributed by atoms with Crippen LogP contribution in [0, 0.1) is 0 Å². The summed E-state index contributed by atoms with van der Waals surface area (Å²) in [4.78, 5) is 38.9. The Morgan fingerprint density at radius 3 is 2.54 bits per heavy atom. The van der Waals surface area contributed by atoms with E-state index >= 15 is 0 Å². The van der Waals surface area contributed by atoms with Crippen molar-refractivity contribution in [2.45, 2.75) is 50.8 Å². The second-order valence-corrected chi connectivity index (χ2v) is 8.71. The van der Waals surface area contributed by atoms with Gasteiger partial charge in [0.15, 0.2) is 12.6 Å². The number of hydrogen-bond acceptors (Lipinski definition) is 6. The van der Waals surface area contributed by atoms with Gasteiger partial charge in [-0.3, -0.25) is 9.59 Å². The summed E-state index contributed by atoms with van der Waals surface area (Å²) in [5.74, 6) is -0.566. The molecule has 2 aliphatic rings. The van der Waals surface area contributed by atoms with Crippen molar-refractivity contribution < 1.29 is 23.9 Å². The molecule has 150 valence electrons. The van der Waals surface area contributed by atoms with Crippen LogP contribution in [0.4, 0.5) is 0 Å². The number of benzene rings is 1. The van der Waals surface area contributed by atoms with Gasteiger partial charge in [0.1, 0.15) is 22.8 Å². The first kappa shape index (κ1) is 20.3. The van der Waals surface area contributed by atoms with E-state index in [1.807, 2.05) is 23.6 Å². The lowest BCUT2D eigenvalue weighted by atomic mass is 9.98. The van der Waals surface area contributed by atoms with Gasteiger partial charge < -0.3 is 19.7 Å². The van der Waals surface area contributed by atoms with Gasteiger partial charge in [0.2, 0.25) is 5.91 Å². The number of thioether (sulfide) groups is 1. The fraction of sp³-hybridized carbons (Fsp3) is 0.450. The number of carbonyl (C=O) groups excluding carboxylic acids is 3. The summed E-state index contributed by atoms with van der Waals surface area (Å²) >= 11 is 1.41. The molecule has 2 heterocycles. The lowest BCUT2D eigenvalue weighted by molar-refractivity contribution is -0.170. The van der Waals surface area contributed by atoms with Crippen LogP contribution in [-0.2, 0) is 19.1 Å². The second kappa shape index (κ2) is 7.87. The molecule has 3 rings (SSSR count). The van der Waals surface area contributed by atoms with Crippen molar-refractivity contribution in [3.63, 3.8) is 0 Å². The van der Waals surface area contributed by atoms with Crippen molar-refractivity contribution in [1.82, 2.24) is 10.2 Å². The topological polar surface area (TPSA) is 84.9 Å². The van der Waals surface area contributed by atoms with E-state index in [-0.39, 0.29) is 23.8 Å². The number of amides is 2. The number of rotatable bonds is 5. The first-order chi connectivity index (χ1) is 13.2. The SMILES string of the molecule is CC1=CS[C@@H]2[C@H](NC(=O)COc3ccccc3)C(=O)N2[C@H]1C(=O)OC(C)(C)C. The van der Waals surface area contributed by atoms with Crippen LogP contribution >= 0.6 is 11.8 Å². The maximum absolute atomic E-state index is 12.7. The Balaban J connectivity index is 1.61. The first-order valence-corrected chi connectivity index (χ1v) is 9.96. The average molecular weight is 404 g/mol. The highest BCUT2D eigenvalue weighted by Gasteiger charge is 2.55. The van der Waals surface area contributed by atoms with Gasteiger partial charge >= 0.3 is 5.97 Å². The number of β-lactam (4-membered cyclic amide) rings is 1. The van der Waals surface area contributed by atoms with Crippen LogP contribution in [0.1, 0.15) is 27.7 Å². The molecule has 1 fully saturated rings. The van der Waals surface area contributed by atoms with Gasteiger partial charge in [0.05, 0.1) is 0 Å². The van der Waals surface area contributed by atoms with Crippen LogP contribution < -0.4 is 10.1 Å². The van der Waals surface area contributed by atoms with Gasteiger partial charge in [-0.05, 0) is 50.8 Å². The third kappa shape index (κ3) is 4.32. The number of nitrogens with one attached hydrogen (secondary N) is 1. The van der Waals surface area contributed by atoms with Crippen molar-refractivity contribution in [1.29, 1.82) is 0 Å². The molecule has 0 bridgehead atoms. The van der Waals surface area contributed by atoms with E-state index in [0.29, 0.717) is 5.75 Å². The number of esters is 1. The average Bonchev–Trinajstić information content (AvgIpc) is 2.63. The van der Waals surface area contributed by atoms with Crippen molar-refractivity contribution in [3.8, 4) is 5.75 Å². The molecule has 3 atom stereocenters. The largest absolute Gasteiger partial charge is 0.484 e. The Morgan fingerprint density at radius 1 is 1.21 bits per heavy atom. The van der Waals surface area contributed by atoms with E-state index in [1.165, 1.54) is 16.7 Å². The monoisotopic (exact) mass is 404 g/mol. The maximum atomic E-state index is 12.7. The lowest BCUT2D eigenvalue weighted by Crippen LogP contribution is -2.74. The van der Waals surface area contributed by atoms with Gasteiger partial charge in [0.25, 0.3) is 5.91 Å². The molecule has 1 N–H and O–H groups in total. The standard InChI is InChI=1S/C20H24N2O5S/c1-12-11-28-18-15(21-14(23)10-26-13-8-6-5-7-9-13)17(24)22(18)16(12)19(25)27-20(2,3)4/h5-9,11,15-16,18H,10H2,1-4H3,(H,21,23)/t15-,16-,18-/m1/s1. The van der Waals surface area contributed by atoms with Crippen LogP contribution in [0.2, 0.25) is 0 Å². The fourth-order valence-corrected chi connectivity index (χ4v) is 4.22. The summed E-state index contributed by atoms with van der Waals surface area (Å²) in [6, 6.07) is 7.53. The molecule has 2 amide bonds. The van der Waals surface area contributed by atoms with Crippen LogP contribution in [-0.4, -0.2) is 52.3 Å². The molecule has 1 aromatic rings. The zero-order chi connectivity index (χ0) is 20.5. The van der Waals surface area contributed by atoms with Crippen LogP contribution in [0.25, 0.3) is 0 Å².